The zero-order chi connectivity index (χ0) is 19.2. The summed E-state index contributed by atoms with van der Waals surface area (Å²) in [5.74, 6) is 0.0676. The minimum atomic E-state index is -3.72. The van der Waals surface area contributed by atoms with Crippen LogP contribution in [0.25, 0.3) is 0 Å². The van der Waals surface area contributed by atoms with Gasteiger partial charge in [0, 0.05) is 24.0 Å². The summed E-state index contributed by atoms with van der Waals surface area (Å²) < 4.78 is 23.1. The van der Waals surface area contributed by atoms with Crippen molar-refractivity contribution >= 4 is 27.3 Å². The van der Waals surface area contributed by atoms with Crippen LogP contribution in [0, 0.1) is 0 Å². The standard InChI is InChI=1S/C20H23N3O3S/c1-14-6-7-15-4-2-3-5-19(15)23(14)20(24)13-22-11-10-16-12-17(27(21,25)26)8-9-18(16)22/h2-5,8-9,12,14H,6-7,10-11,13H2,1H3,(H2,21,25,26). The maximum absolute atomic E-state index is 13.1. The highest BCUT2D eigenvalue weighted by Crippen LogP contribution is 2.33. The lowest BCUT2D eigenvalue weighted by Crippen LogP contribution is -2.47. The van der Waals surface area contributed by atoms with Crippen LogP contribution >= 0.6 is 0 Å². The molecule has 6 nitrogen and oxygen atoms in total. The molecule has 0 bridgehead atoms. The molecule has 1 unspecified atom stereocenters. The molecule has 1 atom stereocenters. The third kappa shape index (κ3) is 3.33. The van der Waals surface area contributed by atoms with E-state index in [1.807, 2.05) is 28.0 Å². The van der Waals surface area contributed by atoms with Crippen LogP contribution in [-0.2, 0) is 27.7 Å². The first-order valence-corrected chi connectivity index (χ1v) is 10.7. The van der Waals surface area contributed by atoms with Crippen LogP contribution in [-0.4, -0.2) is 33.5 Å². The average Bonchev–Trinajstić information content (AvgIpc) is 3.03. The SMILES string of the molecule is CC1CCc2ccccc2N1C(=O)CN1CCc2cc(S(N)(=O)=O)ccc21. The predicted octanol–water partition coefficient (Wildman–Crippen LogP) is 2.06. The van der Waals surface area contributed by atoms with Gasteiger partial charge in [-0.05, 0) is 61.6 Å². The van der Waals surface area contributed by atoms with E-state index in [1.54, 1.807) is 12.1 Å². The molecule has 2 aliphatic rings. The number of anilines is 2. The molecule has 0 saturated heterocycles. The van der Waals surface area contributed by atoms with Crippen molar-refractivity contribution in [2.75, 3.05) is 22.9 Å². The van der Waals surface area contributed by atoms with Gasteiger partial charge in [-0.25, -0.2) is 13.6 Å². The molecule has 2 aliphatic heterocycles. The molecular formula is C20H23N3O3S. The zero-order valence-corrected chi connectivity index (χ0v) is 16.1. The van der Waals surface area contributed by atoms with E-state index in [0.29, 0.717) is 13.0 Å². The van der Waals surface area contributed by atoms with E-state index in [4.69, 9.17) is 5.14 Å². The minimum absolute atomic E-state index is 0.0676. The number of hydrogen-bond acceptors (Lipinski definition) is 4. The molecule has 2 aromatic carbocycles. The summed E-state index contributed by atoms with van der Waals surface area (Å²) in [6, 6.07) is 13.1. The Balaban J connectivity index is 1.57. The highest BCUT2D eigenvalue weighted by molar-refractivity contribution is 7.89. The number of hydrogen-bond donors (Lipinski definition) is 1. The van der Waals surface area contributed by atoms with Gasteiger partial charge < -0.3 is 9.80 Å². The number of carbonyl (C=O) groups is 1. The molecule has 0 fully saturated rings. The molecule has 0 aliphatic carbocycles. The second-order valence-electron chi connectivity index (χ2n) is 7.29. The Morgan fingerprint density at radius 1 is 1.11 bits per heavy atom. The number of nitrogens with two attached hydrogens (primary N) is 1. The van der Waals surface area contributed by atoms with Crippen molar-refractivity contribution in [1.29, 1.82) is 0 Å². The summed E-state index contributed by atoms with van der Waals surface area (Å²) in [4.78, 5) is 17.2. The number of fused-ring (bicyclic) bond motifs is 2. The summed E-state index contributed by atoms with van der Waals surface area (Å²) in [7, 11) is -3.72. The van der Waals surface area contributed by atoms with E-state index in [2.05, 4.69) is 13.0 Å². The number of rotatable bonds is 3. The Morgan fingerprint density at radius 3 is 2.67 bits per heavy atom. The van der Waals surface area contributed by atoms with Gasteiger partial charge in [-0.3, -0.25) is 4.79 Å². The first-order valence-electron chi connectivity index (χ1n) is 9.15. The van der Waals surface area contributed by atoms with E-state index < -0.39 is 10.0 Å². The van der Waals surface area contributed by atoms with Gasteiger partial charge >= 0.3 is 0 Å². The zero-order valence-electron chi connectivity index (χ0n) is 15.3. The van der Waals surface area contributed by atoms with Crippen molar-refractivity contribution in [2.45, 2.75) is 37.1 Å². The molecule has 27 heavy (non-hydrogen) atoms. The summed E-state index contributed by atoms with van der Waals surface area (Å²) in [5.41, 5.74) is 4.05. The molecule has 1 amide bonds. The van der Waals surface area contributed by atoms with Crippen LogP contribution in [0.1, 0.15) is 24.5 Å². The Hall–Kier alpha value is -2.38. The number of amides is 1. The van der Waals surface area contributed by atoms with E-state index in [1.165, 1.54) is 11.6 Å². The molecule has 0 aromatic heterocycles. The number of primary sulfonamides is 1. The summed E-state index contributed by atoms with van der Waals surface area (Å²) >= 11 is 0. The van der Waals surface area contributed by atoms with Crippen molar-refractivity contribution < 1.29 is 13.2 Å². The molecule has 0 radical (unpaired) electrons. The fourth-order valence-electron chi connectivity index (χ4n) is 4.10. The second-order valence-corrected chi connectivity index (χ2v) is 8.85. The van der Waals surface area contributed by atoms with Crippen LogP contribution in [0.2, 0.25) is 0 Å². The largest absolute Gasteiger partial charge is 0.362 e. The monoisotopic (exact) mass is 385 g/mol. The van der Waals surface area contributed by atoms with E-state index in [0.717, 1.165) is 29.8 Å². The van der Waals surface area contributed by atoms with Crippen molar-refractivity contribution in [3.8, 4) is 0 Å². The van der Waals surface area contributed by atoms with Crippen LogP contribution in [0.3, 0.4) is 0 Å². The topological polar surface area (TPSA) is 83.7 Å². The Bertz CT molecular complexity index is 1000. The molecule has 2 N–H and O–H groups in total. The lowest BCUT2D eigenvalue weighted by atomic mass is 9.96. The first-order chi connectivity index (χ1) is 12.8. The number of benzene rings is 2. The second kappa shape index (κ2) is 6.65. The van der Waals surface area contributed by atoms with Gasteiger partial charge in [0.2, 0.25) is 15.9 Å². The van der Waals surface area contributed by atoms with E-state index in [-0.39, 0.29) is 23.4 Å². The van der Waals surface area contributed by atoms with E-state index >= 15 is 0 Å². The van der Waals surface area contributed by atoms with Gasteiger partial charge in [-0.15, -0.1) is 0 Å². The first kappa shape index (κ1) is 18.0. The molecule has 0 spiro atoms. The molecular weight excluding hydrogens is 362 g/mol. The normalized spacial score (nSPS) is 19.0. The van der Waals surface area contributed by atoms with Crippen LogP contribution in [0.4, 0.5) is 11.4 Å². The quantitative estimate of drug-likeness (QED) is 0.877. The van der Waals surface area contributed by atoms with Crippen LogP contribution in [0.15, 0.2) is 47.4 Å². The smallest absolute Gasteiger partial charge is 0.246 e. The number of nitrogens with zero attached hydrogens (tertiary/aromatic N) is 2. The number of sulfonamides is 1. The van der Waals surface area contributed by atoms with Crippen molar-refractivity contribution in [1.82, 2.24) is 0 Å². The van der Waals surface area contributed by atoms with Crippen molar-refractivity contribution in [2.24, 2.45) is 5.14 Å². The lowest BCUT2D eigenvalue weighted by molar-refractivity contribution is -0.117. The van der Waals surface area contributed by atoms with Crippen molar-refractivity contribution in [3.63, 3.8) is 0 Å². The highest BCUT2D eigenvalue weighted by atomic mass is 32.2. The number of aryl methyl sites for hydroxylation is 1. The van der Waals surface area contributed by atoms with Crippen LogP contribution in [0.5, 0.6) is 0 Å². The Kier molecular flexibility index (Phi) is 4.44. The Morgan fingerprint density at radius 2 is 1.89 bits per heavy atom. The molecule has 4 rings (SSSR count). The average molecular weight is 385 g/mol. The molecule has 142 valence electrons. The fraction of sp³-hybridized carbons (Fsp3) is 0.350. The van der Waals surface area contributed by atoms with E-state index in [9.17, 15) is 13.2 Å². The number of para-hydroxylation sites is 1. The maximum Gasteiger partial charge on any atom is 0.246 e. The third-order valence-electron chi connectivity index (χ3n) is 5.49. The predicted molar refractivity (Wildman–Crippen MR) is 105 cm³/mol. The third-order valence-corrected chi connectivity index (χ3v) is 6.40. The van der Waals surface area contributed by atoms with Gasteiger partial charge in [0.1, 0.15) is 0 Å². The Labute approximate surface area is 159 Å². The summed E-state index contributed by atoms with van der Waals surface area (Å²) in [6.07, 6.45) is 2.65. The fourth-order valence-corrected chi connectivity index (χ4v) is 4.66. The van der Waals surface area contributed by atoms with Gasteiger partial charge in [0.25, 0.3) is 0 Å². The number of carbonyl (C=O) groups excluding carboxylic acids is 1. The van der Waals surface area contributed by atoms with Gasteiger partial charge in [-0.1, -0.05) is 18.2 Å². The molecule has 0 saturated carbocycles. The maximum atomic E-state index is 13.1. The van der Waals surface area contributed by atoms with Crippen molar-refractivity contribution in [3.05, 3.63) is 53.6 Å². The molecule has 7 heteroatoms. The minimum Gasteiger partial charge on any atom is -0.362 e. The lowest BCUT2D eigenvalue weighted by Gasteiger charge is -2.36. The van der Waals surface area contributed by atoms with Gasteiger partial charge in [-0.2, -0.15) is 0 Å². The molecule has 2 aromatic rings. The van der Waals surface area contributed by atoms with Gasteiger partial charge in [0.15, 0.2) is 0 Å². The highest BCUT2D eigenvalue weighted by Gasteiger charge is 2.30. The van der Waals surface area contributed by atoms with Crippen LogP contribution < -0.4 is 14.9 Å². The van der Waals surface area contributed by atoms with Gasteiger partial charge in [0.05, 0.1) is 11.4 Å². The summed E-state index contributed by atoms with van der Waals surface area (Å²) in [5, 5.41) is 5.22. The summed E-state index contributed by atoms with van der Waals surface area (Å²) in [6.45, 7) is 3.06. The molecule has 2 heterocycles.